The standard InChI is InChI=1S/C60H39NO2/c1-3-15-41(16-4-1)47-19-7-9-21-50(47)51-22-10-8-20-48(51)43-31-36-46(37-32-43)61(56-27-14-26-53-52-23-11-12-28-57(52)63-60(53)56)45-34-29-40(30-35-45)44-33-38-58-55(39-44)54-25-13-24-49(59(54)62-58)42-17-5-2-6-18-42/h1-39H. The highest BCUT2D eigenvalue weighted by Crippen LogP contribution is 2.45. The zero-order chi connectivity index (χ0) is 41.7. The third-order valence-electron chi connectivity index (χ3n) is 12.3. The van der Waals surface area contributed by atoms with Crippen LogP contribution >= 0.6 is 0 Å². The van der Waals surface area contributed by atoms with Crippen molar-refractivity contribution in [3.63, 3.8) is 0 Å². The molecule has 2 aromatic heterocycles. The molecule has 0 aliphatic heterocycles. The number of benzene rings is 10. The first-order chi connectivity index (χ1) is 31.2. The molecule has 12 aromatic rings. The second kappa shape index (κ2) is 15.3. The highest BCUT2D eigenvalue weighted by molar-refractivity contribution is 6.12. The van der Waals surface area contributed by atoms with Crippen molar-refractivity contribution in [1.29, 1.82) is 0 Å². The van der Waals surface area contributed by atoms with Crippen molar-refractivity contribution in [1.82, 2.24) is 0 Å². The molecule has 2 heterocycles. The van der Waals surface area contributed by atoms with Gasteiger partial charge in [0.2, 0.25) is 0 Å². The second-order valence-corrected chi connectivity index (χ2v) is 16.0. The van der Waals surface area contributed by atoms with Crippen molar-refractivity contribution in [3.05, 3.63) is 237 Å². The molecule has 0 bridgehead atoms. The second-order valence-electron chi connectivity index (χ2n) is 16.0. The Morgan fingerprint density at radius 2 is 0.698 bits per heavy atom. The number of hydrogen-bond donors (Lipinski definition) is 0. The number of anilines is 3. The van der Waals surface area contributed by atoms with Gasteiger partial charge in [-0.3, -0.25) is 0 Å². The Morgan fingerprint density at radius 3 is 1.37 bits per heavy atom. The van der Waals surface area contributed by atoms with Gasteiger partial charge in [-0.1, -0.05) is 188 Å². The van der Waals surface area contributed by atoms with Crippen molar-refractivity contribution in [3.8, 4) is 55.6 Å². The predicted octanol–water partition coefficient (Wildman–Crippen LogP) is 17.3. The van der Waals surface area contributed by atoms with Crippen molar-refractivity contribution < 1.29 is 8.83 Å². The monoisotopic (exact) mass is 805 g/mol. The van der Waals surface area contributed by atoms with Gasteiger partial charge in [0, 0.05) is 38.5 Å². The Kier molecular flexibility index (Phi) is 8.83. The summed E-state index contributed by atoms with van der Waals surface area (Å²) in [6.45, 7) is 0. The first-order valence-corrected chi connectivity index (χ1v) is 21.4. The zero-order valence-electron chi connectivity index (χ0n) is 34.3. The predicted molar refractivity (Wildman–Crippen MR) is 263 cm³/mol. The summed E-state index contributed by atoms with van der Waals surface area (Å²) in [7, 11) is 0. The number of rotatable bonds is 8. The first-order valence-electron chi connectivity index (χ1n) is 21.4. The molecule has 0 N–H and O–H groups in total. The smallest absolute Gasteiger partial charge is 0.159 e. The van der Waals surface area contributed by atoms with E-state index in [4.69, 9.17) is 8.83 Å². The van der Waals surface area contributed by atoms with Crippen LogP contribution in [0.2, 0.25) is 0 Å². The van der Waals surface area contributed by atoms with Gasteiger partial charge in [0.15, 0.2) is 5.58 Å². The summed E-state index contributed by atoms with van der Waals surface area (Å²) in [5.41, 5.74) is 18.2. The molecule has 296 valence electrons. The lowest BCUT2D eigenvalue weighted by Crippen LogP contribution is -2.10. The van der Waals surface area contributed by atoms with Crippen LogP contribution in [0.1, 0.15) is 0 Å². The molecule has 12 rings (SSSR count). The Labute approximate surface area is 365 Å². The van der Waals surface area contributed by atoms with Crippen LogP contribution in [0.15, 0.2) is 245 Å². The number of hydrogen-bond acceptors (Lipinski definition) is 3. The number of para-hydroxylation sites is 3. The van der Waals surface area contributed by atoms with Crippen molar-refractivity contribution >= 4 is 60.9 Å². The van der Waals surface area contributed by atoms with Crippen molar-refractivity contribution in [2.24, 2.45) is 0 Å². The number of fused-ring (bicyclic) bond motifs is 6. The summed E-state index contributed by atoms with van der Waals surface area (Å²) in [5, 5.41) is 4.41. The van der Waals surface area contributed by atoms with E-state index in [1.807, 2.05) is 18.2 Å². The lowest BCUT2D eigenvalue weighted by Gasteiger charge is -2.26. The average molecular weight is 806 g/mol. The van der Waals surface area contributed by atoms with E-state index in [1.165, 1.54) is 27.8 Å². The highest BCUT2D eigenvalue weighted by Gasteiger charge is 2.21. The maximum Gasteiger partial charge on any atom is 0.159 e. The largest absolute Gasteiger partial charge is 0.455 e. The van der Waals surface area contributed by atoms with Gasteiger partial charge < -0.3 is 13.7 Å². The summed E-state index contributed by atoms with van der Waals surface area (Å²) in [6, 6.07) is 83.9. The molecule has 3 nitrogen and oxygen atoms in total. The van der Waals surface area contributed by atoms with Gasteiger partial charge in [0.25, 0.3) is 0 Å². The van der Waals surface area contributed by atoms with Gasteiger partial charge in [-0.05, 0) is 98.6 Å². The van der Waals surface area contributed by atoms with Crippen LogP contribution in [0.3, 0.4) is 0 Å². The molecule has 0 fully saturated rings. The SMILES string of the molecule is c1ccc(-c2ccccc2-c2ccccc2-c2ccc(N(c3ccc(-c4ccc5oc6c(-c7ccccc7)cccc6c5c4)cc3)c3cccc4c3oc3ccccc34)cc2)cc1. The minimum absolute atomic E-state index is 0.849. The number of nitrogens with zero attached hydrogens (tertiary/aromatic N) is 1. The van der Waals surface area contributed by atoms with Crippen molar-refractivity contribution in [2.75, 3.05) is 4.90 Å². The third-order valence-corrected chi connectivity index (χ3v) is 12.3. The summed E-state index contributed by atoms with van der Waals surface area (Å²) in [4.78, 5) is 2.31. The van der Waals surface area contributed by atoms with Crippen LogP contribution < -0.4 is 4.90 Å². The molecule has 3 heteroatoms. The fraction of sp³-hybridized carbons (Fsp3) is 0. The summed E-state index contributed by atoms with van der Waals surface area (Å²) in [6.07, 6.45) is 0. The Balaban J connectivity index is 0.950. The van der Waals surface area contributed by atoms with Crippen LogP contribution in [-0.4, -0.2) is 0 Å². The molecule has 0 unspecified atom stereocenters. The van der Waals surface area contributed by atoms with E-state index in [0.29, 0.717) is 0 Å². The Morgan fingerprint density at radius 1 is 0.254 bits per heavy atom. The van der Waals surface area contributed by atoms with Gasteiger partial charge in [-0.2, -0.15) is 0 Å². The van der Waals surface area contributed by atoms with E-state index in [0.717, 1.165) is 88.8 Å². The van der Waals surface area contributed by atoms with E-state index in [1.54, 1.807) is 0 Å². The van der Waals surface area contributed by atoms with Gasteiger partial charge in [-0.25, -0.2) is 0 Å². The lowest BCUT2D eigenvalue weighted by atomic mass is 9.89. The van der Waals surface area contributed by atoms with Crippen LogP contribution in [0, 0.1) is 0 Å². The molecule has 0 aliphatic rings. The minimum atomic E-state index is 0.849. The molecule has 0 amide bonds. The van der Waals surface area contributed by atoms with Crippen LogP contribution in [-0.2, 0) is 0 Å². The number of furan rings is 2. The quantitative estimate of drug-likeness (QED) is 0.153. The van der Waals surface area contributed by atoms with E-state index >= 15 is 0 Å². The van der Waals surface area contributed by atoms with E-state index < -0.39 is 0 Å². The fourth-order valence-electron chi connectivity index (χ4n) is 9.31. The summed E-state index contributed by atoms with van der Waals surface area (Å²) in [5.74, 6) is 0. The summed E-state index contributed by atoms with van der Waals surface area (Å²) < 4.78 is 13.2. The normalized spacial score (nSPS) is 11.5. The van der Waals surface area contributed by atoms with Gasteiger partial charge in [0.1, 0.15) is 16.7 Å². The topological polar surface area (TPSA) is 29.5 Å². The molecule has 63 heavy (non-hydrogen) atoms. The average Bonchev–Trinajstić information content (AvgIpc) is 3.94. The van der Waals surface area contributed by atoms with Crippen LogP contribution in [0.25, 0.3) is 99.5 Å². The van der Waals surface area contributed by atoms with Gasteiger partial charge in [0.05, 0.1) is 5.69 Å². The fourth-order valence-corrected chi connectivity index (χ4v) is 9.31. The van der Waals surface area contributed by atoms with Gasteiger partial charge in [-0.15, -0.1) is 0 Å². The van der Waals surface area contributed by atoms with Crippen LogP contribution in [0.4, 0.5) is 17.1 Å². The molecule has 0 saturated carbocycles. The lowest BCUT2D eigenvalue weighted by molar-refractivity contribution is 0.669. The molecule has 0 radical (unpaired) electrons. The first kappa shape index (κ1) is 36.5. The van der Waals surface area contributed by atoms with Crippen molar-refractivity contribution in [2.45, 2.75) is 0 Å². The molecule has 0 aliphatic carbocycles. The van der Waals surface area contributed by atoms with E-state index in [9.17, 15) is 0 Å². The molecular formula is C60H39NO2. The van der Waals surface area contributed by atoms with E-state index in [2.05, 4.69) is 223 Å². The van der Waals surface area contributed by atoms with E-state index in [-0.39, 0.29) is 0 Å². The third kappa shape index (κ3) is 6.38. The molecular weight excluding hydrogens is 767 g/mol. The Bertz CT molecular complexity index is 3600. The van der Waals surface area contributed by atoms with Gasteiger partial charge >= 0.3 is 0 Å². The molecule has 0 spiro atoms. The maximum atomic E-state index is 6.66. The Hall–Kier alpha value is -8.40. The molecule has 0 atom stereocenters. The zero-order valence-corrected chi connectivity index (χ0v) is 34.3. The highest BCUT2D eigenvalue weighted by atomic mass is 16.3. The minimum Gasteiger partial charge on any atom is -0.455 e. The van der Waals surface area contributed by atoms with Crippen LogP contribution in [0.5, 0.6) is 0 Å². The molecule has 10 aromatic carbocycles. The molecule has 0 saturated heterocycles. The maximum absolute atomic E-state index is 6.66. The summed E-state index contributed by atoms with van der Waals surface area (Å²) >= 11 is 0.